The Balaban J connectivity index is 1.36. The predicted molar refractivity (Wildman–Crippen MR) is 87.7 cm³/mol. The Morgan fingerprint density at radius 3 is 2.68 bits per heavy atom. The summed E-state index contributed by atoms with van der Waals surface area (Å²) in [5.74, 6) is 1.41. The quantitative estimate of drug-likeness (QED) is 0.877. The van der Waals surface area contributed by atoms with Gasteiger partial charge in [0.1, 0.15) is 5.01 Å². The standard InChI is InChI=1S/C17H25N3OS/c1-10-9-22-17(18-10)16(12-2-3-12)20-15(21)8-11-6-13-4-5-14(7-11)19-13/h9,11-14,16,19H,2-8H2,1H3,(H,20,21). The SMILES string of the molecule is Cc1csc(C(NC(=O)CC2CC3CCC(C2)N3)C2CC2)n1. The summed E-state index contributed by atoms with van der Waals surface area (Å²) in [5, 5.41) is 10.1. The molecule has 22 heavy (non-hydrogen) atoms. The van der Waals surface area contributed by atoms with Crippen molar-refractivity contribution in [3.8, 4) is 0 Å². The van der Waals surface area contributed by atoms with Gasteiger partial charge in [0.05, 0.1) is 6.04 Å². The molecule has 5 heteroatoms. The molecule has 3 atom stereocenters. The number of aryl methyl sites for hydroxylation is 1. The summed E-state index contributed by atoms with van der Waals surface area (Å²) in [5.41, 5.74) is 1.06. The second kappa shape index (κ2) is 5.93. The van der Waals surface area contributed by atoms with Crippen LogP contribution in [0, 0.1) is 18.8 Å². The molecule has 3 aliphatic rings. The lowest BCUT2D eigenvalue weighted by atomic mass is 9.89. The summed E-state index contributed by atoms with van der Waals surface area (Å²) in [4.78, 5) is 17.1. The van der Waals surface area contributed by atoms with Gasteiger partial charge in [-0.25, -0.2) is 4.98 Å². The van der Waals surface area contributed by atoms with Crippen molar-refractivity contribution >= 4 is 17.2 Å². The maximum atomic E-state index is 12.5. The lowest BCUT2D eigenvalue weighted by Crippen LogP contribution is -2.40. The molecule has 2 bridgehead atoms. The highest BCUT2D eigenvalue weighted by atomic mass is 32.1. The van der Waals surface area contributed by atoms with Crippen molar-refractivity contribution in [2.75, 3.05) is 0 Å². The molecule has 1 aromatic rings. The molecule has 2 N–H and O–H groups in total. The minimum absolute atomic E-state index is 0.157. The fourth-order valence-corrected chi connectivity index (χ4v) is 5.10. The molecule has 1 aromatic heterocycles. The van der Waals surface area contributed by atoms with Crippen LogP contribution in [0.3, 0.4) is 0 Å². The molecule has 3 unspecified atom stereocenters. The summed E-state index contributed by atoms with van der Waals surface area (Å²) in [6.07, 6.45) is 8.09. The van der Waals surface area contributed by atoms with E-state index in [1.54, 1.807) is 11.3 Å². The molecule has 3 heterocycles. The summed E-state index contributed by atoms with van der Waals surface area (Å²) < 4.78 is 0. The molecule has 4 nitrogen and oxygen atoms in total. The Kier molecular flexibility index (Phi) is 3.95. The molecule has 2 saturated heterocycles. The van der Waals surface area contributed by atoms with E-state index in [0.29, 0.717) is 30.3 Å². The number of piperidine rings is 1. The van der Waals surface area contributed by atoms with Gasteiger partial charge in [0, 0.05) is 29.6 Å². The zero-order valence-corrected chi connectivity index (χ0v) is 14.0. The van der Waals surface area contributed by atoms with E-state index in [0.717, 1.165) is 10.7 Å². The molecule has 1 saturated carbocycles. The first-order valence-electron chi connectivity index (χ1n) is 8.65. The van der Waals surface area contributed by atoms with Crippen LogP contribution in [0.25, 0.3) is 0 Å². The first kappa shape index (κ1) is 14.6. The molecule has 0 spiro atoms. The van der Waals surface area contributed by atoms with Crippen LogP contribution >= 0.6 is 11.3 Å². The molecule has 3 fully saturated rings. The van der Waals surface area contributed by atoms with Crippen LogP contribution in [-0.2, 0) is 4.79 Å². The minimum atomic E-state index is 0.157. The fourth-order valence-electron chi connectivity index (χ4n) is 4.16. The summed E-state index contributed by atoms with van der Waals surface area (Å²) in [7, 11) is 0. The van der Waals surface area contributed by atoms with E-state index in [1.165, 1.54) is 38.5 Å². The second-order valence-corrected chi connectivity index (χ2v) is 8.28. The first-order valence-corrected chi connectivity index (χ1v) is 9.53. The van der Waals surface area contributed by atoms with Crippen molar-refractivity contribution in [1.82, 2.24) is 15.6 Å². The van der Waals surface area contributed by atoms with Gasteiger partial charge in [0.25, 0.3) is 0 Å². The number of carbonyl (C=O) groups is 1. The van der Waals surface area contributed by atoms with Crippen molar-refractivity contribution in [2.24, 2.45) is 11.8 Å². The first-order chi connectivity index (χ1) is 10.7. The van der Waals surface area contributed by atoms with Crippen molar-refractivity contribution in [2.45, 2.75) is 70.0 Å². The van der Waals surface area contributed by atoms with Gasteiger partial charge in [0.15, 0.2) is 0 Å². The monoisotopic (exact) mass is 319 g/mol. The van der Waals surface area contributed by atoms with E-state index in [2.05, 4.69) is 21.0 Å². The van der Waals surface area contributed by atoms with Crippen LogP contribution in [0.5, 0.6) is 0 Å². The molecular formula is C17H25N3OS. The average molecular weight is 319 g/mol. The number of aromatic nitrogens is 1. The zero-order chi connectivity index (χ0) is 15.1. The number of fused-ring (bicyclic) bond motifs is 2. The van der Waals surface area contributed by atoms with Gasteiger partial charge in [-0.3, -0.25) is 4.79 Å². The Bertz CT molecular complexity index is 542. The van der Waals surface area contributed by atoms with Crippen molar-refractivity contribution in [1.29, 1.82) is 0 Å². The molecule has 0 radical (unpaired) electrons. The molecule has 120 valence electrons. The van der Waals surface area contributed by atoms with E-state index in [1.807, 2.05) is 6.92 Å². The average Bonchev–Trinajstić information content (AvgIpc) is 3.15. The van der Waals surface area contributed by atoms with Gasteiger partial charge in [-0.1, -0.05) is 0 Å². The summed E-state index contributed by atoms with van der Waals surface area (Å²) in [6, 6.07) is 1.49. The van der Waals surface area contributed by atoms with Crippen LogP contribution in [0.15, 0.2) is 5.38 Å². The van der Waals surface area contributed by atoms with Gasteiger partial charge in [0.2, 0.25) is 5.91 Å². The maximum absolute atomic E-state index is 12.5. The van der Waals surface area contributed by atoms with E-state index >= 15 is 0 Å². The molecule has 1 aliphatic carbocycles. The Labute approximate surface area is 136 Å². The van der Waals surface area contributed by atoms with Crippen LogP contribution in [0.4, 0.5) is 0 Å². The van der Waals surface area contributed by atoms with E-state index < -0.39 is 0 Å². The number of rotatable bonds is 5. The topological polar surface area (TPSA) is 54.0 Å². The number of nitrogens with one attached hydrogen (secondary N) is 2. The molecule has 2 aliphatic heterocycles. The Morgan fingerprint density at radius 2 is 2.09 bits per heavy atom. The normalized spacial score (nSPS) is 32.0. The molecule has 0 aromatic carbocycles. The van der Waals surface area contributed by atoms with E-state index in [4.69, 9.17) is 0 Å². The third-order valence-corrected chi connectivity index (χ3v) is 6.40. The van der Waals surface area contributed by atoms with Gasteiger partial charge in [-0.15, -0.1) is 11.3 Å². The third-order valence-electron chi connectivity index (χ3n) is 5.36. The number of nitrogens with zero attached hydrogens (tertiary/aromatic N) is 1. The van der Waals surface area contributed by atoms with Crippen LogP contribution in [-0.4, -0.2) is 23.0 Å². The zero-order valence-electron chi connectivity index (χ0n) is 13.2. The minimum Gasteiger partial charge on any atom is -0.347 e. The van der Waals surface area contributed by atoms with Crippen LogP contribution < -0.4 is 10.6 Å². The smallest absolute Gasteiger partial charge is 0.220 e. The highest BCUT2D eigenvalue weighted by Crippen LogP contribution is 2.42. The maximum Gasteiger partial charge on any atom is 0.220 e. The van der Waals surface area contributed by atoms with Gasteiger partial charge in [-0.05, 0) is 57.3 Å². The molecular weight excluding hydrogens is 294 g/mol. The summed E-state index contributed by atoms with van der Waals surface area (Å²) >= 11 is 1.69. The van der Waals surface area contributed by atoms with Crippen LogP contribution in [0.2, 0.25) is 0 Å². The highest BCUT2D eigenvalue weighted by molar-refractivity contribution is 7.09. The Morgan fingerprint density at radius 1 is 1.36 bits per heavy atom. The van der Waals surface area contributed by atoms with Gasteiger partial charge >= 0.3 is 0 Å². The predicted octanol–water partition coefficient (Wildman–Crippen LogP) is 2.94. The third kappa shape index (κ3) is 3.20. The lowest BCUT2D eigenvalue weighted by molar-refractivity contribution is -0.123. The molecule has 4 rings (SSSR count). The van der Waals surface area contributed by atoms with Crippen molar-refractivity contribution in [3.63, 3.8) is 0 Å². The number of hydrogen-bond donors (Lipinski definition) is 2. The highest BCUT2D eigenvalue weighted by Gasteiger charge is 2.37. The number of carbonyl (C=O) groups excluding carboxylic acids is 1. The largest absolute Gasteiger partial charge is 0.347 e. The number of amides is 1. The number of thiazole rings is 1. The summed E-state index contributed by atoms with van der Waals surface area (Å²) in [6.45, 7) is 2.02. The van der Waals surface area contributed by atoms with Gasteiger partial charge < -0.3 is 10.6 Å². The van der Waals surface area contributed by atoms with Crippen molar-refractivity contribution in [3.05, 3.63) is 16.1 Å². The second-order valence-electron chi connectivity index (χ2n) is 7.39. The number of hydrogen-bond acceptors (Lipinski definition) is 4. The van der Waals surface area contributed by atoms with Gasteiger partial charge in [-0.2, -0.15) is 0 Å². The molecule has 1 amide bonds. The van der Waals surface area contributed by atoms with Crippen LogP contribution in [0.1, 0.15) is 61.7 Å². The van der Waals surface area contributed by atoms with Crippen molar-refractivity contribution < 1.29 is 4.79 Å². The lowest BCUT2D eigenvalue weighted by Gasteiger charge is -2.29. The Hall–Kier alpha value is -0.940. The van der Waals surface area contributed by atoms with E-state index in [9.17, 15) is 4.79 Å². The van der Waals surface area contributed by atoms with E-state index in [-0.39, 0.29) is 11.9 Å². The fraction of sp³-hybridized carbons (Fsp3) is 0.765.